The van der Waals surface area contributed by atoms with Crippen molar-refractivity contribution < 1.29 is 21.5 Å². The minimum absolute atomic E-state index is 0. The summed E-state index contributed by atoms with van der Waals surface area (Å²) >= 11 is 0. The first kappa shape index (κ1) is 28.1. The Morgan fingerprint density at radius 1 is 0.808 bits per heavy atom. The Bertz CT molecular complexity index is 492. The van der Waals surface area contributed by atoms with Gasteiger partial charge in [0.25, 0.3) is 0 Å². The number of benzene rings is 1. The van der Waals surface area contributed by atoms with Crippen LogP contribution in [0.15, 0.2) is 30.3 Å². The van der Waals surface area contributed by atoms with E-state index in [0.29, 0.717) is 0 Å². The third kappa shape index (κ3) is 18.7. The SMILES string of the molecule is CCCCCCCCCOS(=O)(=O)Oc1ccccc1.CCOCC.[NaH]. The third-order valence-electron chi connectivity index (χ3n) is 3.33. The average molecular weight is 399 g/mol. The molecule has 0 saturated heterocycles. The van der Waals surface area contributed by atoms with Crippen molar-refractivity contribution in [3.05, 3.63) is 30.3 Å². The standard InChI is InChI=1S/C15H24O4S.C4H10O.Na.H/c1-2-3-4-5-6-7-11-14-18-20(16,17)19-15-12-9-8-10-13-15;1-3-5-4-2;;/h8-10,12-13H,2-7,11,14H2,1H3;3-4H2,1-2H3;;. The molecule has 0 aliphatic heterocycles. The first-order valence-corrected chi connectivity index (χ1v) is 10.6. The molecular weight excluding hydrogens is 363 g/mol. The second-order valence-electron chi connectivity index (χ2n) is 5.53. The molecule has 0 N–H and O–H groups in total. The van der Waals surface area contributed by atoms with Crippen molar-refractivity contribution in [2.45, 2.75) is 65.7 Å². The Hall–Kier alpha value is -0.110. The van der Waals surface area contributed by atoms with Crippen LogP contribution in [0.1, 0.15) is 65.7 Å². The van der Waals surface area contributed by atoms with Gasteiger partial charge < -0.3 is 8.92 Å². The van der Waals surface area contributed by atoms with Gasteiger partial charge in [0.05, 0.1) is 6.61 Å². The van der Waals surface area contributed by atoms with Gasteiger partial charge in [-0.1, -0.05) is 63.6 Å². The quantitative estimate of drug-likeness (QED) is 0.362. The van der Waals surface area contributed by atoms with E-state index in [4.69, 9.17) is 13.1 Å². The first-order chi connectivity index (χ1) is 12.1. The zero-order chi connectivity index (χ0) is 18.8. The van der Waals surface area contributed by atoms with Crippen molar-refractivity contribution in [3.63, 3.8) is 0 Å². The summed E-state index contributed by atoms with van der Waals surface area (Å²) in [5.74, 6) is 0.270. The molecule has 0 spiro atoms. The van der Waals surface area contributed by atoms with Crippen LogP contribution < -0.4 is 4.18 Å². The van der Waals surface area contributed by atoms with E-state index in [1.807, 2.05) is 13.8 Å². The van der Waals surface area contributed by atoms with Crippen molar-refractivity contribution in [3.8, 4) is 5.75 Å². The Kier molecular flexibility index (Phi) is 21.2. The van der Waals surface area contributed by atoms with Crippen LogP contribution in [-0.4, -0.2) is 57.8 Å². The van der Waals surface area contributed by atoms with E-state index in [2.05, 4.69) is 6.92 Å². The van der Waals surface area contributed by atoms with Gasteiger partial charge in [-0.05, 0) is 32.4 Å². The number of ether oxygens (including phenoxy) is 1. The zero-order valence-electron chi connectivity index (χ0n) is 15.9. The summed E-state index contributed by atoms with van der Waals surface area (Å²) in [4.78, 5) is 0. The van der Waals surface area contributed by atoms with E-state index >= 15 is 0 Å². The molecule has 0 aromatic heterocycles. The molecule has 5 nitrogen and oxygen atoms in total. The third-order valence-corrected chi connectivity index (χ3v) is 4.18. The van der Waals surface area contributed by atoms with Gasteiger partial charge >= 0.3 is 40.0 Å². The summed E-state index contributed by atoms with van der Waals surface area (Å²) in [6.45, 7) is 8.04. The molecule has 26 heavy (non-hydrogen) atoms. The predicted octanol–water partition coefficient (Wildman–Crippen LogP) is 4.47. The Labute approximate surface area is 182 Å². The van der Waals surface area contributed by atoms with Gasteiger partial charge in [-0.25, -0.2) is 4.18 Å². The van der Waals surface area contributed by atoms with E-state index < -0.39 is 10.4 Å². The minimum atomic E-state index is -3.94. The number of hydrogen-bond donors (Lipinski definition) is 0. The van der Waals surface area contributed by atoms with Crippen molar-refractivity contribution >= 4 is 40.0 Å². The molecule has 148 valence electrons. The maximum atomic E-state index is 11.5. The molecule has 0 heterocycles. The van der Waals surface area contributed by atoms with Crippen molar-refractivity contribution in [1.82, 2.24) is 0 Å². The van der Waals surface area contributed by atoms with E-state index in [1.165, 1.54) is 25.7 Å². The molecule has 0 saturated carbocycles. The van der Waals surface area contributed by atoms with Crippen LogP contribution in [0.25, 0.3) is 0 Å². The zero-order valence-corrected chi connectivity index (χ0v) is 16.7. The van der Waals surface area contributed by atoms with Gasteiger partial charge in [0.2, 0.25) is 0 Å². The molecule has 1 rings (SSSR count). The molecule has 0 radical (unpaired) electrons. The summed E-state index contributed by atoms with van der Waals surface area (Å²) < 4.78 is 37.5. The molecule has 1 aromatic rings. The maximum absolute atomic E-state index is 11.5. The molecule has 0 aliphatic carbocycles. The van der Waals surface area contributed by atoms with E-state index in [0.717, 1.165) is 32.5 Å². The monoisotopic (exact) mass is 398 g/mol. The van der Waals surface area contributed by atoms with Gasteiger partial charge in [0, 0.05) is 13.2 Å². The second-order valence-corrected chi connectivity index (χ2v) is 6.75. The topological polar surface area (TPSA) is 61.8 Å². The van der Waals surface area contributed by atoms with Gasteiger partial charge in [0.15, 0.2) is 0 Å². The fourth-order valence-corrected chi connectivity index (χ4v) is 2.76. The second kappa shape index (κ2) is 19.6. The summed E-state index contributed by atoms with van der Waals surface area (Å²) in [5.41, 5.74) is 0. The first-order valence-electron chi connectivity index (χ1n) is 9.27. The van der Waals surface area contributed by atoms with Crippen LogP contribution in [0.4, 0.5) is 0 Å². The summed E-state index contributed by atoms with van der Waals surface area (Å²) in [6, 6.07) is 8.37. The predicted molar refractivity (Wildman–Crippen MR) is 109 cm³/mol. The normalized spacial score (nSPS) is 10.4. The molecule has 0 bridgehead atoms. The van der Waals surface area contributed by atoms with Gasteiger partial charge in [0.1, 0.15) is 5.75 Å². The van der Waals surface area contributed by atoms with Gasteiger partial charge in [-0.3, -0.25) is 0 Å². The molecule has 0 unspecified atom stereocenters. The summed E-state index contributed by atoms with van der Waals surface area (Å²) in [7, 11) is -3.94. The van der Waals surface area contributed by atoms with Crippen LogP contribution in [0.5, 0.6) is 5.75 Å². The Morgan fingerprint density at radius 2 is 1.35 bits per heavy atom. The van der Waals surface area contributed by atoms with Crippen molar-refractivity contribution in [1.29, 1.82) is 0 Å². The number of unbranched alkanes of at least 4 members (excludes halogenated alkanes) is 6. The van der Waals surface area contributed by atoms with Gasteiger partial charge in [-0.2, -0.15) is 8.42 Å². The number of rotatable bonds is 13. The molecule has 0 amide bonds. The van der Waals surface area contributed by atoms with Crippen LogP contribution in [-0.2, 0) is 19.3 Å². The average Bonchev–Trinajstić information content (AvgIpc) is 2.59. The molecule has 0 atom stereocenters. The molecular formula is C19H35NaO5S. The molecule has 1 aromatic carbocycles. The Balaban J connectivity index is 0. The van der Waals surface area contributed by atoms with Crippen LogP contribution in [0.2, 0.25) is 0 Å². The van der Waals surface area contributed by atoms with Gasteiger partial charge in [-0.15, -0.1) is 0 Å². The fourth-order valence-electron chi connectivity index (χ4n) is 2.04. The fraction of sp³-hybridized carbons (Fsp3) is 0.684. The van der Waals surface area contributed by atoms with Crippen LogP contribution in [0, 0.1) is 0 Å². The van der Waals surface area contributed by atoms with Crippen molar-refractivity contribution in [2.75, 3.05) is 19.8 Å². The van der Waals surface area contributed by atoms with Crippen molar-refractivity contribution in [2.24, 2.45) is 0 Å². The number of para-hydroxylation sites is 1. The number of hydrogen-bond acceptors (Lipinski definition) is 5. The summed E-state index contributed by atoms with van der Waals surface area (Å²) in [6.07, 6.45) is 7.83. The van der Waals surface area contributed by atoms with Crippen LogP contribution in [0.3, 0.4) is 0 Å². The summed E-state index contributed by atoms with van der Waals surface area (Å²) in [5, 5.41) is 0. The molecule has 0 aliphatic rings. The van der Waals surface area contributed by atoms with E-state index in [9.17, 15) is 8.42 Å². The molecule has 7 heteroatoms. The molecule has 0 fully saturated rings. The Morgan fingerprint density at radius 3 is 1.85 bits per heavy atom. The van der Waals surface area contributed by atoms with E-state index in [-0.39, 0.29) is 41.9 Å². The van der Waals surface area contributed by atoms with Crippen LogP contribution >= 0.6 is 0 Å². The van der Waals surface area contributed by atoms with E-state index in [1.54, 1.807) is 30.3 Å².